The molecule has 102 valence electrons. The van der Waals surface area contributed by atoms with Crippen molar-refractivity contribution in [2.24, 2.45) is 0 Å². The van der Waals surface area contributed by atoms with E-state index in [0.29, 0.717) is 6.54 Å². The van der Waals surface area contributed by atoms with Crippen molar-refractivity contribution in [3.8, 4) is 0 Å². The molecule has 1 saturated heterocycles. The van der Waals surface area contributed by atoms with Gasteiger partial charge in [0.2, 0.25) is 5.91 Å². The van der Waals surface area contributed by atoms with Crippen LogP contribution in [0.4, 0.5) is 0 Å². The molecular weight excluding hydrogens is 238 g/mol. The fraction of sp³-hybridized carbons (Fsp3) is 0.600. The van der Waals surface area contributed by atoms with Gasteiger partial charge in [0.25, 0.3) is 0 Å². The minimum absolute atomic E-state index is 0.268. The van der Waals surface area contributed by atoms with E-state index >= 15 is 0 Å². The van der Waals surface area contributed by atoms with Crippen molar-refractivity contribution in [3.63, 3.8) is 0 Å². The molecule has 1 aromatic heterocycles. The molecule has 2 aliphatic rings. The minimum Gasteiger partial charge on any atom is -0.337 e. The molecule has 0 atom stereocenters. The molecule has 19 heavy (non-hydrogen) atoms. The van der Waals surface area contributed by atoms with Gasteiger partial charge in [-0.2, -0.15) is 0 Å². The first-order valence-electron chi connectivity index (χ1n) is 7.24. The van der Waals surface area contributed by atoms with Gasteiger partial charge in [-0.1, -0.05) is 13.0 Å². The summed E-state index contributed by atoms with van der Waals surface area (Å²) in [7, 11) is 0. The molecule has 0 bridgehead atoms. The molecule has 3 heterocycles. The number of rotatable bonds is 3. The molecule has 0 N–H and O–H groups in total. The second kappa shape index (κ2) is 5.29. The summed E-state index contributed by atoms with van der Waals surface area (Å²) in [4.78, 5) is 21.1. The third kappa shape index (κ3) is 2.63. The van der Waals surface area contributed by atoms with Crippen molar-refractivity contribution in [2.45, 2.75) is 32.7 Å². The van der Waals surface area contributed by atoms with Gasteiger partial charge in [-0.3, -0.25) is 14.7 Å². The predicted octanol–water partition coefficient (Wildman–Crippen LogP) is 1.23. The van der Waals surface area contributed by atoms with Crippen LogP contribution in [0.2, 0.25) is 0 Å². The number of pyridine rings is 1. The maximum absolute atomic E-state index is 12.2. The number of carbonyl (C=O) groups is 1. The Labute approximate surface area is 114 Å². The number of hydrogen-bond donors (Lipinski definition) is 0. The molecule has 0 unspecified atom stereocenters. The number of likely N-dealkylation sites (tertiary alicyclic amines) is 1. The Hall–Kier alpha value is -1.42. The van der Waals surface area contributed by atoms with Gasteiger partial charge in [0.05, 0.1) is 6.54 Å². The zero-order valence-electron chi connectivity index (χ0n) is 11.6. The molecule has 0 aromatic carbocycles. The van der Waals surface area contributed by atoms with Gasteiger partial charge in [-0.25, -0.2) is 0 Å². The molecule has 1 amide bonds. The van der Waals surface area contributed by atoms with Crippen LogP contribution in [0.3, 0.4) is 0 Å². The summed E-state index contributed by atoms with van der Waals surface area (Å²) in [5.74, 6) is 0.268. The van der Waals surface area contributed by atoms with Crippen molar-refractivity contribution in [3.05, 3.63) is 29.1 Å². The van der Waals surface area contributed by atoms with Gasteiger partial charge in [-0.05, 0) is 37.6 Å². The highest BCUT2D eigenvalue weighted by Gasteiger charge is 2.24. The van der Waals surface area contributed by atoms with Crippen LogP contribution >= 0.6 is 0 Å². The van der Waals surface area contributed by atoms with Crippen LogP contribution in [0.25, 0.3) is 0 Å². The molecule has 4 heteroatoms. The molecule has 0 radical (unpaired) electrons. The third-order valence-corrected chi connectivity index (χ3v) is 4.13. The summed E-state index contributed by atoms with van der Waals surface area (Å²) >= 11 is 0. The second-order valence-electron chi connectivity index (χ2n) is 5.46. The smallest absolute Gasteiger partial charge is 0.237 e. The summed E-state index contributed by atoms with van der Waals surface area (Å²) in [6, 6.07) is 4.23. The van der Waals surface area contributed by atoms with E-state index in [9.17, 15) is 4.79 Å². The largest absolute Gasteiger partial charge is 0.337 e. The average molecular weight is 259 g/mol. The summed E-state index contributed by atoms with van der Waals surface area (Å²) in [5.41, 5.74) is 3.56. The summed E-state index contributed by atoms with van der Waals surface area (Å²) in [6.07, 6.45) is 3.11. The molecule has 0 saturated carbocycles. The van der Waals surface area contributed by atoms with Crippen LogP contribution < -0.4 is 0 Å². The Morgan fingerprint density at radius 1 is 1.32 bits per heavy atom. The first kappa shape index (κ1) is 12.6. The molecule has 0 spiro atoms. The van der Waals surface area contributed by atoms with Crippen molar-refractivity contribution in [1.29, 1.82) is 0 Å². The van der Waals surface area contributed by atoms with Gasteiger partial charge >= 0.3 is 0 Å². The van der Waals surface area contributed by atoms with Gasteiger partial charge in [0.15, 0.2) is 0 Å². The van der Waals surface area contributed by atoms with E-state index in [-0.39, 0.29) is 5.91 Å². The molecule has 1 aromatic rings. The van der Waals surface area contributed by atoms with E-state index in [0.717, 1.165) is 44.7 Å². The van der Waals surface area contributed by atoms with Gasteiger partial charge < -0.3 is 4.90 Å². The Morgan fingerprint density at radius 3 is 2.84 bits per heavy atom. The number of aromatic nitrogens is 1. The zero-order chi connectivity index (χ0) is 13.2. The van der Waals surface area contributed by atoms with Crippen LogP contribution in [-0.2, 0) is 24.2 Å². The first-order chi connectivity index (χ1) is 9.26. The fourth-order valence-electron chi connectivity index (χ4n) is 2.70. The van der Waals surface area contributed by atoms with E-state index in [4.69, 9.17) is 0 Å². The molecule has 4 nitrogen and oxygen atoms in total. The lowest BCUT2D eigenvalue weighted by atomic mass is 10.0. The maximum Gasteiger partial charge on any atom is 0.237 e. The molecule has 0 aliphatic carbocycles. The number of hydrogen-bond acceptors (Lipinski definition) is 3. The SMILES string of the molecule is CCc1ccc2c(n1)CCN(C(=O)CN1CCC1)C2. The highest BCUT2D eigenvalue weighted by molar-refractivity contribution is 5.78. The zero-order valence-corrected chi connectivity index (χ0v) is 11.6. The van der Waals surface area contributed by atoms with Crippen LogP contribution in [-0.4, -0.2) is 46.9 Å². The molecule has 2 aliphatic heterocycles. The van der Waals surface area contributed by atoms with Crippen molar-refractivity contribution in [2.75, 3.05) is 26.2 Å². The van der Waals surface area contributed by atoms with E-state index < -0.39 is 0 Å². The van der Waals surface area contributed by atoms with Crippen molar-refractivity contribution >= 4 is 5.91 Å². The monoisotopic (exact) mass is 259 g/mol. The van der Waals surface area contributed by atoms with Gasteiger partial charge in [0.1, 0.15) is 0 Å². The number of amides is 1. The van der Waals surface area contributed by atoms with Crippen LogP contribution in [0, 0.1) is 0 Å². The number of aryl methyl sites for hydroxylation is 1. The molecule has 3 rings (SSSR count). The summed E-state index contributed by atoms with van der Waals surface area (Å²) < 4.78 is 0. The van der Waals surface area contributed by atoms with Crippen LogP contribution in [0.1, 0.15) is 30.3 Å². The standard InChI is InChI=1S/C15H21N3O/c1-2-13-5-4-12-10-18(9-6-14(12)16-13)15(19)11-17-7-3-8-17/h4-5H,2-3,6-11H2,1H3. The lowest BCUT2D eigenvalue weighted by molar-refractivity contribution is -0.134. The Balaban J connectivity index is 1.66. The van der Waals surface area contributed by atoms with Crippen molar-refractivity contribution in [1.82, 2.24) is 14.8 Å². The van der Waals surface area contributed by atoms with Crippen LogP contribution in [0.15, 0.2) is 12.1 Å². The maximum atomic E-state index is 12.2. The van der Waals surface area contributed by atoms with E-state index in [1.807, 2.05) is 4.90 Å². The fourth-order valence-corrected chi connectivity index (χ4v) is 2.70. The van der Waals surface area contributed by atoms with E-state index in [2.05, 4.69) is 28.9 Å². The Kier molecular flexibility index (Phi) is 3.51. The third-order valence-electron chi connectivity index (χ3n) is 4.13. The van der Waals surface area contributed by atoms with E-state index in [1.54, 1.807) is 0 Å². The quantitative estimate of drug-likeness (QED) is 0.819. The minimum atomic E-state index is 0.268. The number of fused-ring (bicyclic) bond motifs is 1. The van der Waals surface area contributed by atoms with Crippen LogP contribution in [0.5, 0.6) is 0 Å². The lowest BCUT2D eigenvalue weighted by Crippen LogP contribution is -2.47. The second-order valence-corrected chi connectivity index (χ2v) is 5.46. The highest BCUT2D eigenvalue weighted by Crippen LogP contribution is 2.18. The van der Waals surface area contributed by atoms with Crippen molar-refractivity contribution < 1.29 is 4.79 Å². The number of carbonyl (C=O) groups excluding carboxylic acids is 1. The topological polar surface area (TPSA) is 36.4 Å². The lowest BCUT2D eigenvalue weighted by Gasteiger charge is -2.34. The van der Waals surface area contributed by atoms with Gasteiger partial charge in [0, 0.05) is 30.9 Å². The normalized spacial score (nSPS) is 18.9. The Morgan fingerprint density at radius 2 is 2.16 bits per heavy atom. The van der Waals surface area contributed by atoms with Gasteiger partial charge in [-0.15, -0.1) is 0 Å². The summed E-state index contributed by atoms with van der Waals surface area (Å²) in [5, 5.41) is 0. The Bertz CT molecular complexity index is 482. The van der Waals surface area contributed by atoms with E-state index in [1.165, 1.54) is 17.7 Å². The highest BCUT2D eigenvalue weighted by atomic mass is 16.2. The molecule has 1 fully saturated rings. The predicted molar refractivity (Wildman–Crippen MR) is 73.8 cm³/mol. The number of nitrogens with zero attached hydrogens (tertiary/aromatic N) is 3. The molecular formula is C15H21N3O. The average Bonchev–Trinajstić information content (AvgIpc) is 2.41. The first-order valence-corrected chi connectivity index (χ1v) is 7.24. The summed E-state index contributed by atoms with van der Waals surface area (Å²) in [6.45, 7) is 6.43.